The molecule has 3 aromatic rings. The molecule has 34 heavy (non-hydrogen) atoms. The van der Waals surface area contributed by atoms with Crippen LogP contribution < -0.4 is 4.74 Å². The maximum absolute atomic E-state index is 13.1. The number of benzene rings is 2. The number of carbonyl (C=O) groups is 2. The fourth-order valence-electron chi connectivity index (χ4n) is 4.22. The molecule has 0 radical (unpaired) electrons. The minimum absolute atomic E-state index is 0.0143. The van der Waals surface area contributed by atoms with Crippen LogP contribution in [0.4, 0.5) is 0 Å². The van der Waals surface area contributed by atoms with Crippen molar-refractivity contribution in [2.75, 3.05) is 20.3 Å². The summed E-state index contributed by atoms with van der Waals surface area (Å²) in [5.41, 5.74) is 3.17. The number of likely N-dealkylation sites (tertiary alicyclic amines) is 1. The summed E-state index contributed by atoms with van der Waals surface area (Å²) < 4.78 is 10.9. The Labute approximate surface area is 198 Å². The van der Waals surface area contributed by atoms with E-state index in [0.29, 0.717) is 36.4 Å². The average molecular weight is 456 g/mol. The molecule has 0 N–H and O–H groups in total. The molecule has 7 heteroatoms. The van der Waals surface area contributed by atoms with Crippen molar-refractivity contribution >= 4 is 11.9 Å². The van der Waals surface area contributed by atoms with E-state index in [1.165, 1.54) is 7.11 Å². The molecule has 7 nitrogen and oxygen atoms in total. The zero-order valence-corrected chi connectivity index (χ0v) is 18.9. The summed E-state index contributed by atoms with van der Waals surface area (Å²) in [5.74, 6) is 0.312. The van der Waals surface area contributed by atoms with E-state index in [9.17, 15) is 9.59 Å². The lowest BCUT2D eigenvalue weighted by molar-refractivity contribution is -0.141. The number of pyridine rings is 1. The van der Waals surface area contributed by atoms with Crippen LogP contribution >= 0.6 is 0 Å². The Hall–Kier alpha value is -4.18. The predicted molar refractivity (Wildman–Crippen MR) is 126 cm³/mol. The highest BCUT2D eigenvalue weighted by Gasteiger charge is 2.37. The molecule has 1 amide bonds. The maximum Gasteiger partial charge on any atom is 0.305 e. The van der Waals surface area contributed by atoms with E-state index in [0.717, 1.165) is 11.1 Å². The highest BCUT2D eigenvalue weighted by atomic mass is 16.5. The van der Waals surface area contributed by atoms with Crippen LogP contribution in [0.3, 0.4) is 0 Å². The maximum atomic E-state index is 13.1. The van der Waals surface area contributed by atoms with E-state index < -0.39 is 0 Å². The van der Waals surface area contributed by atoms with Crippen molar-refractivity contribution in [1.29, 1.82) is 5.26 Å². The zero-order valence-electron chi connectivity index (χ0n) is 18.9. The second-order valence-electron chi connectivity index (χ2n) is 8.26. The van der Waals surface area contributed by atoms with Gasteiger partial charge in [0, 0.05) is 18.9 Å². The number of hydrogen-bond donors (Lipinski definition) is 0. The fraction of sp³-hybridized carbons (Fsp3) is 0.259. The van der Waals surface area contributed by atoms with Crippen molar-refractivity contribution in [1.82, 2.24) is 9.88 Å². The van der Waals surface area contributed by atoms with Crippen LogP contribution in [0.15, 0.2) is 73.1 Å². The average Bonchev–Trinajstić information content (AvgIpc) is 3.30. The van der Waals surface area contributed by atoms with E-state index in [4.69, 9.17) is 14.7 Å². The van der Waals surface area contributed by atoms with Crippen LogP contribution in [0.1, 0.15) is 28.8 Å². The molecule has 2 aromatic carbocycles. The molecule has 1 aliphatic heterocycles. The number of nitrogens with zero attached hydrogens (tertiary/aromatic N) is 3. The molecular weight excluding hydrogens is 430 g/mol. The molecule has 1 aliphatic rings. The smallest absolute Gasteiger partial charge is 0.305 e. The molecule has 2 atom stereocenters. The van der Waals surface area contributed by atoms with Crippen molar-refractivity contribution in [3.63, 3.8) is 0 Å². The van der Waals surface area contributed by atoms with Crippen LogP contribution in [0.25, 0.3) is 11.1 Å². The lowest BCUT2D eigenvalue weighted by Crippen LogP contribution is -2.39. The number of aromatic nitrogens is 1. The first kappa shape index (κ1) is 23.0. The largest absolute Gasteiger partial charge is 0.491 e. The van der Waals surface area contributed by atoms with Crippen LogP contribution in [0.2, 0.25) is 0 Å². The summed E-state index contributed by atoms with van der Waals surface area (Å²) in [5, 5.41) is 8.96. The minimum Gasteiger partial charge on any atom is -0.491 e. The third-order valence-corrected chi connectivity index (χ3v) is 6.00. The van der Waals surface area contributed by atoms with Gasteiger partial charge >= 0.3 is 5.97 Å². The number of methoxy groups -OCH3 is 1. The van der Waals surface area contributed by atoms with Crippen LogP contribution in [0.5, 0.6) is 5.75 Å². The first-order chi connectivity index (χ1) is 16.6. The molecule has 0 bridgehead atoms. The van der Waals surface area contributed by atoms with E-state index in [2.05, 4.69) is 11.1 Å². The molecule has 1 saturated heterocycles. The molecular formula is C27H25N3O4. The summed E-state index contributed by atoms with van der Waals surface area (Å²) in [6.07, 6.45) is 4.10. The van der Waals surface area contributed by atoms with Gasteiger partial charge in [0.25, 0.3) is 5.91 Å². The lowest BCUT2D eigenvalue weighted by atomic mass is 10.0. The van der Waals surface area contributed by atoms with Gasteiger partial charge in [-0.2, -0.15) is 5.26 Å². The highest BCUT2D eigenvalue weighted by Crippen LogP contribution is 2.29. The van der Waals surface area contributed by atoms with E-state index in [-0.39, 0.29) is 30.3 Å². The molecule has 172 valence electrons. The Morgan fingerprint density at radius 1 is 1.09 bits per heavy atom. The van der Waals surface area contributed by atoms with Gasteiger partial charge in [-0.05, 0) is 59.9 Å². The second-order valence-corrected chi connectivity index (χ2v) is 8.26. The van der Waals surface area contributed by atoms with E-state index in [1.807, 2.05) is 36.4 Å². The van der Waals surface area contributed by atoms with Crippen LogP contribution in [-0.4, -0.2) is 48.1 Å². The first-order valence-electron chi connectivity index (χ1n) is 11.1. The van der Waals surface area contributed by atoms with Gasteiger partial charge in [-0.3, -0.25) is 14.6 Å². The molecule has 1 aromatic heterocycles. The van der Waals surface area contributed by atoms with Gasteiger partial charge in [-0.25, -0.2) is 0 Å². The first-order valence-corrected chi connectivity index (χ1v) is 11.1. The quantitative estimate of drug-likeness (QED) is 0.498. The number of carbonyl (C=O) groups excluding carboxylic acids is 2. The molecule has 1 fully saturated rings. The summed E-state index contributed by atoms with van der Waals surface area (Å²) in [4.78, 5) is 30.7. The fourth-order valence-corrected chi connectivity index (χ4v) is 4.22. The minimum atomic E-state index is -0.279. The van der Waals surface area contributed by atoms with E-state index >= 15 is 0 Å². The normalized spacial score (nSPS) is 17.1. The van der Waals surface area contributed by atoms with Gasteiger partial charge in [0.2, 0.25) is 0 Å². The monoisotopic (exact) mass is 455 g/mol. The number of ether oxygens (including phenoxy) is 2. The van der Waals surface area contributed by atoms with Crippen LogP contribution in [-0.2, 0) is 9.53 Å². The topological polar surface area (TPSA) is 92.5 Å². The second kappa shape index (κ2) is 10.6. The van der Waals surface area contributed by atoms with Gasteiger partial charge in [0.1, 0.15) is 12.4 Å². The van der Waals surface area contributed by atoms with Gasteiger partial charge in [0.05, 0.1) is 36.8 Å². The molecule has 0 aliphatic carbocycles. The van der Waals surface area contributed by atoms with Gasteiger partial charge in [-0.1, -0.05) is 24.3 Å². The van der Waals surface area contributed by atoms with Gasteiger partial charge in [-0.15, -0.1) is 0 Å². The number of hydrogen-bond acceptors (Lipinski definition) is 6. The number of amides is 1. The number of esters is 1. The highest BCUT2D eigenvalue weighted by molar-refractivity contribution is 5.94. The van der Waals surface area contributed by atoms with Crippen molar-refractivity contribution in [3.05, 3.63) is 84.2 Å². The molecule has 0 unspecified atom stereocenters. The third kappa shape index (κ3) is 5.41. The van der Waals surface area contributed by atoms with Crippen LogP contribution in [0, 0.1) is 17.2 Å². The number of rotatable bonds is 7. The standard InChI is InChI=1S/C27H25N3O4/c1-33-26(31)14-20-13-24(30(17-20)27(32)23-3-2-12-29-16-23)18-34-25-10-8-22(9-11-25)21-6-4-19(15-28)5-7-21/h2-12,16,20,24H,13-14,17-18H2,1H3/t20-,24-/m0/s1. The Bertz CT molecular complexity index is 1170. The molecule has 0 saturated carbocycles. The predicted octanol–water partition coefficient (Wildman–Crippen LogP) is 4.09. The summed E-state index contributed by atoms with van der Waals surface area (Å²) >= 11 is 0. The van der Waals surface area contributed by atoms with Crippen molar-refractivity contribution in [2.45, 2.75) is 18.9 Å². The van der Waals surface area contributed by atoms with Crippen molar-refractivity contribution in [2.24, 2.45) is 5.92 Å². The Balaban J connectivity index is 1.43. The zero-order chi connectivity index (χ0) is 23.9. The van der Waals surface area contributed by atoms with Gasteiger partial charge < -0.3 is 14.4 Å². The van der Waals surface area contributed by atoms with Gasteiger partial charge in [0.15, 0.2) is 0 Å². The number of nitriles is 1. The molecule has 0 spiro atoms. The SMILES string of the molecule is COC(=O)C[C@@H]1C[C@@H](COc2ccc(-c3ccc(C#N)cc3)cc2)N(C(=O)c2cccnc2)C1. The summed E-state index contributed by atoms with van der Waals surface area (Å²) in [7, 11) is 1.37. The lowest BCUT2D eigenvalue weighted by Gasteiger charge is -2.25. The Morgan fingerprint density at radius 2 is 1.79 bits per heavy atom. The third-order valence-electron chi connectivity index (χ3n) is 6.00. The summed E-state index contributed by atoms with van der Waals surface area (Å²) in [6, 6.07) is 20.5. The van der Waals surface area contributed by atoms with Crippen molar-refractivity contribution < 1.29 is 19.1 Å². The van der Waals surface area contributed by atoms with Crippen molar-refractivity contribution in [3.8, 4) is 22.9 Å². The molecule has 4 rings (SSSR count). The summed E-state index contributed by atoms with van der Waals surface area (Å²) in [6.45, 7) is 0.786. The van der Waals surface area contributed by atoms with E-state index in [1.54, 1.807) is 41.6 Å². The Kier molecular flexibility index (Phi) is 7.19. The molecule has 2 heterocycles. The Morgan fingerprint density at radius 3 is 2.41 bits per heavy atom.